The molecule has 10 heteroatoms. The van der Waals surface area contributed by atoms with Crippen LogP contribution in [-0.4, -0.2) is 46.8 Å². The van der Waals surface area contributed by atoms with Crippen LogP contribution in [0.15, 0.2) is 48.5 Å². The fourth-order valence-electron chi connectivity index (χ4n) is 4.30. The van der Waals surface area contributed by atoms with E-state index >= 15 is 0 Å². The summed E-state index contributed by atoms with van der Waals surface area (Å²) in [5.41, 5.74) is 1.47. The SMILES string of the molecule is CC(=O)c1ccc(NC(=O)COC(=O)c2ccc(N3C(=O)[C@@H]4C[C@H](Cl)[C@@H](Cl)C[C@H]4C3=O)cc2)cc1. The number of halogens is 2. The lowest BCUT2D eigenvalue weighted by atomic mass is 9.80. The van der Waals surface area contributed by atoms with Gasteiger partial charge in [0.2, 0.25) is 11.8 Å². The van der Waals surface area contributed by atoms with E-state index in [4.69, 9.17) is 27.9 Å². The highest BCUT2D eigenvalue weighted by molar-refractivity contribution is 6.31. The summed E-state index contributed by atoms with van der Waals surface area (Å²) in [6.07, 6.45) is 0.684. The molecule has 1 saturated carbocycles. The third kappa shape index (κ3) is 5.23. The van der Waals surface area contributed by atoms with Gasteiger partial charge < -0.3 is 10.1 Å². The molecule has 1 saturated heterocycles. The van der Waals surface area contributed by atoms with E-state index in [2.05, 4.69) is 5.32 Å². The van der Waals surface area contributed by atoms with Crippen LogP contribution in [0.25, 0.3) is 0 Å². The Bertz CT molecular complexity index is 1150. The standard InChI is InChI=1S/C25H22Cl2N2O6/c1-13(30)14-2-6-16(7-3-14)28-22(31)12-35-25(34)15-4-8-17(9-5-15)29-23(32)18-10-20(26)21(27)11-19(18)24(29)33/h2-9,18-21H,10-12H2,1H3,(H,28,31)/t18-,19-,20+,21+/m1/s1. The molecule has 1 N–H and O–H groups in total. The number of hydrogen-bond acceptors (Lipinski definition) is 6. The van der Waals surface area contributed by atoms with E-state index < -0.39 is 30.3 Å². The van der Waals surface area contributed by atoms with Gasteiger partial charge in [-0.2, -0.15) is 0 Å². The number of Topliss-reactive ketones (excluding diaryl/α,β-unsaturated/α-hetero) is 1. The van der Waals surface area contributed by atoms with Gasteiger partial charge in [-0.15, -0.1) is 23.2 Å². The number of ketones is 1. The number of amides is 3. The Morgan fingerprint density at radius 2 is 1.40 bits per heavy atom. The van der Waals surface area contributed by atoms with Crippen LogP contribution in [0.4, 0.5) is 11.4 Å². The summed E-state index contributed by atoms with van der Waals surface area (Å²) in [5.74, 6) is -3.01. The average molecular weight is 517 g/mol. The van der Waals surface area contributed by atoms with Crippen molar-refractivity contribution in [3.63, 3.8) is 0 Å². The minimum Gasteiger partial charge on any atom is -0.452 e. The average Bonchev–Trinajstić information content (AvgIpc) is 3.07. The first kappa shape index (κ1) is 24.9. The van der Waals surface area contributed by atoms with Gasteiger partial charge in [0.05, 0.1) is 33.8 Å². The summed E-state index contributed by atoms with van der Waals surface area (Å²) < 4.78 is 5.05. The fraction of sp³-hybridized carbons (Fsp3) is 0.320. The maximum Gasteiger partial charge on any atom is 0.338 e. The minimum atomic E-state index is -0.735. The molecule has 3 amide bonds. The second-order valence-electron chi connectivity index (χ2n) is 8.53. The lowest BCUT2D eigenvalue weighted by Crippen LogP contribution is -2.34. The van der Waals surface area contributed by atoms with Gasteiger partial charge in [-0.3, -0.25) is 24.1 Å². The van der Waals surface area contributed by atoms with E-state index in [0.717, 1.165) is 4.90 Å². The largest absolute Gasteiger partial charge is 0.452 e. The van der Waals surface area contributed by atoms with E-state index in [1.807, 2.05) is 0 Å². The normalized spacial score (nSPS) is 23.6. The zero-order valence-corrected chi connectivity index (χ0v) is 20.2. The van der Waals surface area contributed by atoms with Crippen molar-refractivity contribution in [2.75, 3.05) is 16.8 Å². The van der Waals surface area contributed by atoms with Crippen LogP contribution in [-0.2, 0) is 19.1 Å². The van der Waals surface area contributed by atoms with Crippen molar-refractivity contribution in [1.82, 2.24) is 0 Å². The van der Waals surface area contributed by atoms with Gasteiger partial charge >= 0.3 is 5.97 Å². The highest BCUT2D eigenvalue weighted by Gasteiger charge is 2.52. The van der Waals surface area contributed by atoms with E-state index in [1.54, 1.807) is 24.3 Å². The second kappa shape index (κ2) is 10.2. The fourth-order valence-corrected chi connectivity index (χ4v) is 4.89. The van der Waals surface area contributed by atoms with Gasteiger partial charge in [0, 0.05) is 11.3 Å². The summed E-state index contributed by atoms with van der Waals surface area (Å²) >= 11 is 12.4. The van der Waals surface area contributed by atoms with Crippen LogP contribution in [0.1, 0.15) is 40.5 Å². The predicted molar refractivity (Wildman–Crippen MR) is 130 cm³/mol. The van der Waals surface area contributed by atoms with Crippen molar-refractivity contribution in [3.8, 4) is 0 Å². The molecule has 1 aliphatic heterocycles. The quantitative estimate of drug-likeness (QED) is 0.270. The van der Waals surface area contributed by atoms with E-state index in [-0.39, 0.29) is 33.9 Å². The maximum absolute atomic E-state index is 12.9. The number of imide groups is 1. The molecule has 1 heterocycles. The molecule has 8 nitrogen and oxygen atoms in total. The number of alkyl halides is 2. The maximum atomic E-state index is 12.9. The van der Waals surface area contributed by atoms with E-state index in [9.17, 15) is 24.0 Å². The monoisotopic (exact) mass is 516 g/mol. The number of carbonyl (C=O) groups excluding carboxylic acids is 5. The zero-order chi connectivity index (χ0) is 25.3. The molecule has 0 spiro atoms. The predicted octanol–water partition coefficient (Wildman–Crippen LogP) is 3.80. The van der Waals surface area contributed by atoms with Crippen LogP contribution >= 0.6 is 23.2 Å². The van der Waals surface area contributed by atoms with Gasteiger partial charge in [0.15, 0.2) is 12.4 Å². The van der Waals surface area contributed by atoms with Crippen molar-refractivity contribution in [2.45, 2.75) is 30.5 Å². The molecule has 35 heavy (non-hydrogen) atoms. The highest BCUT2D eigenvalue weighted by atomic mass is 35.5. The number of hydrogen-bond donors (Lipinski definition) is 1. The molecule has 2 aliphatic rings. The first-order chi connectivity index (χ1) is 16.7. The third-order valence-corrected chi connectivity index (χ3v) is 7.28. The van der Waals surface area contributed by atoms with Gasteiger partial charge in [0.1, 0.15) is 0 Å². The Morgan fingerprint density at radius 1 is 0.886 bits per heavy atom. The molecule has 4 atom stereocenters. The number of fused-ring (bicyclic) bond motifs is 1. The Morgan fingerprint density at radius 3 is 1.91 bits per heavy atom. The topological polar surface area (TPSA) is 110 Å². The van der Waals surface area contributed by atoms with Crippen LogP contribution in [0.2, 0.25) is 0 Å². The molecule has 2 aromatic rings. The smallest absolute Gasteiger partial charge is 0.338 e. The van der Waals surface area contributed by atoms with Crippen molar-refractivity contribution >= 4 is 64.1 Å². The third-order valence-electron chi connectivity index (χ3n) is 6.18. The molecule has 1 aliphatic carbocycles. The number of nitrogens with one attached hydrogen (secondary N) is 1. The molecule has 0 aromatic heterocycles. The number of anilines is 2. The number of benzene rings is 2. The van der Waals surface area contributed by atoms with Crippen molar-refractivity contribution in [3.05, 3.63) is 59.7 Å². The van der Waals surface area contributed by atoms with Crippen LogP contribution in [0, 0.1) is 11.8 Å². The Hall–Kier alpha value is -3.23. The summed E-state index contributed by atoms with van der Waals surface area (Å²) in [6.45, 7) is 0.929. The molecule has 2 fully saturated rings. The van der Waals surface area contributed by atoms with Gasteiger partial charge in [0.25, 0.3) is 5.91 Å². The van der Waals surface area contributed by atoms with Crippen molar-refractivity contribution in [2.24, 2.45) is 11.8 Å². The molecular weight excluding hydrogens is 495 g/mol. The number of nitrogens with zero attached hydrogens (tertiary/aromatic N) is 1. The Balaban J connectivity index is 1.34. The van der Waals surface area contributed by atoms with E-state index in [1.165, 1.54) is 31.2 Å². The van der Waals surface area contributed by atoms with Crippen molar-refractivity contribution in [1.29, 1.82) is 0 Å². The van der Waals surface area contributed by atoms with Crippen LogP contribution in [0.5, 0.6) is 0 Å². The van der Waals surface area contributed by atoms with Crippen LogP contribution in [0.3, 0.4) is 0 Å². The van der Waals surface area contributed by atoms with Gasteiger partial charge in [-0.25, -0.2) is 4.79 Å². The highest BCUT2D eigenvalue weighted by Crippen LogP contribution is 2.43. The molecule has 0 unspecified atom stereocenters. The first-order valence-electron chi connectivity index (χ1n) is 11.0. The van der Waals surface area contributed by atoms with Gasteiger partial charge in [-0.1, -0.05) is 0 Å². The Kier molecular flexibility index (Phi) is 7.23. The number of ether oxygens (including phenoxy) is 1. The first-order valence-corrected chi connectivity index (χ1v) is 11.9. The molecule has 0 bridgehead atoms. The number of esters is 1. The lowest BCUT2D eigenvalue weighted by molar-refractivity contribution is -0.122. The number of carbonyl (C=O) groups is 5. The van der Waals surface area contributed by atoms with Crippen molar-refractivity contribution < 1.29 is 28.7 Å². The lowest BCUT2D eigenvalue weighted by Gasteiger charge is -2.28. The van der Waals surface area contributed by atoms with Crippen LogP contribution < -0.4 is 10.2 Å². The summed E-state index contributed by atoms with van der Waals surface area (Å²) in [6, 6.07) is 12.1. The molecule has 182 valence electrons. The van der Waals surface area contributed by atoms with E-state index in [0.29, 0.717) is 29.8 Å². The summed E-state index contributed by atoms with van der Waals surface area (Å²) in [5, 5.41) is 1.83. The minimum absolute atomic E-state index is 0.0903. The zero-order valence-electron chi connectivity index (χ0n) is 18.7. The second-order valence-corrected chi connectivity index (χ2v) is 9.65. The Labute approximate surface area is 211 Å². The summed E-state index contributed by atoms with van der Waals surface area (Å²) in [4.78, 5) is 62.6. The molecule has 4 rings (SSSR count). The number of rotatable bonds is 6. The molecular formula is C25H22Cl2N2O6. The molecule has 0 radical (unpaired) electrons. The van der Waals surface area contributed by atoms with Gasteiger partial charge in [-0.05, 0) is 68.3 Å². The summed E-state index contributed by atoms with van der Waals surface area (Å²) in [7, 11) is 0. The molecule has 2 aromatic carbocycles.